The molecule has 3 saturated carbocycles. The SMILES string of the molecule is C1CCCCCC2(CCCCC1)OOC1(CCCCCCCCCCC1)OOC1(CCCCCCC1)OO2. The molecular weight excluding hydrogens is 480 g/mol. The average molecular weight is 539 g/mol. The van der Waals surface area contributed by atoms with Crippen LogP contribution in [0.4, 0.5) is 0 Å². The smallest absolute Gasteiger partial charge is 0.195 e. The summed E-state index contributed by atoms with van der Waals surface area (Å²) in [7, 11) is 0. The molecule has 3 aliphatic carbocycles. The highest BCUT2D eigenvalue weighted by Crippen LogP contribution is 2.42. The van der Waals surface area contributed by atoms with Crippen LogP contribution in [-0.4, -0.2) is 17.4 Å². The van der Waals surface area contributed by atoms with Crippen molar-refractivity contribution in [1.82, 2.24) is 0 Å². The summed E-state index contributed by atoms with van der Waals surface area (Å²) >= 11 is 0. The van der Waals surface area contributed by atoms with Crippen molar-refractivity contribution in [3.05, 3.63) is 0 Å². The molecule has 1 heterocycles. The van der Waals surface area contributed by atoms with E-state index in [9.17, 15) is 0 Å². The Balaban J connectivity index is 1.57. The Labute approximate surface area is 232 Å². The summed E-state index contributed by atoms with van der Waals surface area (Å²) in [5, 5.41) is 0. The van der Waals surface area contributed by atoms with E-state index in [0.717, 1.165) is 77.0 Å². The van der Waals surface area contributed by atoms with E-state index in [1.54, 1.807) is 0 Å². The van der Waals surface area contributed by atoms with E-state index in [1.165, 1.54) is 109 Å². The minimum absolute atomic E-state index is 0.777. The quantitative estimate of drug-likeness (QED) is 0.286. The van der Waals surface area contributed by atoms with Crippen LogP contribution in [-0.2, 0) is 29.3 Å². The van der Waals surface area contributed by atoms with Crippen LogP contribution in [0.3, 0.4) is 0 Å². The number of hydrogen-bond donors (Lipinski definition) is 0. The van der Waals surface area contributed by atoms with Gasteiger partial charge in [0, 0.05) is 38.5 Å². The standard InChI is InChI=1S/C32H58O6/c1-3-7-12-18-24-30(25-19-13-8-4-1)33-34-31(26-20-14-9-5-2-6-10-15-21-27-31)36-38-32(37-35-30)28-22-16-11-17-23-29-32/h1-29H2. The molecule has 0 aromatic rings. The Bertz CT molecular complexity index is 549. The zero-order valence-corrected chi connectivity index (χ0v) is 24.5. The van der Waals surface area contributed by atoms with Gasteiger partial charge in [0.2, 0.25) is 17.4 Å². The fourth-order valence-electron chi connectivity index (χ4n) is 6.74. The molecule has 4 rings (SSSR count). The molecule has 0 bridgehead atoms. The van der Waals surface area contributed by atoms with Crippen LogP contribution in [0.25, 0.3) is 0 Å². The molecule has 1 saturated heterocycles. The molecule has 6 heteroatoms. The van der Waals surface area contributed by atoms with Crippen molar-refractivity contribution in [2.75, 3.05) is 0 Å². The van der Waals surface area contributed by atoms with Gasteiger partial charge in [0.25, 0.3) is 0 Å². The highest BCUT2D eigenvalue weighted by Gasteiger charge is 2.48. The summed E-state index contributed by atoms with van der Waals surface area (Å²) in [4.78, 5) is 38.4. The number of rotatable bonds is 0. The van der Waals surface area contributed by atoms with E-state index in [4.69, 9.17) is 29.3 Å². The monoisotopic (exact) mass is 538 g/mol. The lowest BCUT2D eigenvalue weighted by atomic mass is 9.96. The van der Waals surface area contributed by atoms with E-state index >= 15 is 0 Å². The number of hydrogen-bond acceptors (Lipinski definition) is 6. The summed E-state index contributed by atoms with van der Waals surface area (Å²) < 4.78 is 0. The molecule has 0 amide bonds. The minimum Gasteiger partial charge on any atom is -0.195 e. The molecule has 0 aromatic carbocycles. The van der Waals surface area contributed by atoms with Gasteiger partial charge in [0.05, 0.1) is 0 Å². The van der Waals surface area contributed by atoms with Crippen molar-refractivity contribution in [2.45, 2.75) is 204 Å². The van der Waals surface area contributed by atoms with E-state index in [-0.39, 0.29) is 0 Å². The minimum atomic E-state index is -0.914. The molecular formula is C32H58O6. The molecule has 0 radical (unpaired) electrons. The topological polar surface area (TPSA) is 55.4 Å². The molecule has 0 atom stereocenters. The fourth-order valence-corrected chi connectivity index (χ4v) is 6.74. The van der Waals surface area contributed by atoms with Crippen LogP contribution in [0.5, 0.6) is 0 Å². The molecule has 0 unspecified atom stereocenters. The van der Waals surface area contributed by atoms with Crippen LogP contribution in [0.15, 0.2) is 0 Å². The van der Waals surface area contributed by atoms with Gasteiger partial charge in [-0.25, -0.2) is 0 Å². The molecule has 0 N–H and O–H groups in total. The molecule has 0 aromatic heterocycles. The first kappa shape index (κ1) is 30.7. The maximum Gasteiger partial charge on any atom is 0.234 e. The predicted octanol–water partition coefficient (Wildman–Crippen LogP) is 10.3. The summed E-state index contributed by atoms with van der Waals surface area (Å²) in [5.41, 5.74) is 0. The largest absolute Gasteiger partial charge is 0.234 e. The Kier molecular flexibility index (Phi) is 13.6. The van der Waals surface area contributed by atoms with Crippen LogP contribution in [0.1, 0.15) is 186 Å². The van der Waals surface area contributed by atoms with E-state index < -0.39 is 17.4 Å². The summed E-state index contributed by atoms with van der Waals surface area (Å²) in [6, 6.07) is 0. The van der Waals surface area contributed by atoms with Crippen molar-refractivity contribution in [2.24, 2.45) is 0 Å². The van der Waals surface area contributed by atoms with Crippen molar-refractivity contribution in [1.29, 1.82) is 0 Å². The Morgan fingerprint density at radius 2 is 0.316 bits per heavy atom. The van der Waals surface area contributed by atoms with E-state index in [0.29, 0.717) is 0 Å². The zero-order chi connectivity index (χ0) is 26.2. The normalized spacial score (nSPS) is 29.7. The highest BCUT2D eigenvalue weighted by molar-refractivity contribution is 4.76. The van der Waals surface area contributed by atoms with Crippen molar-refractivity contribution < 1.29 is 29.3 Å². The molecule has 222 valence electrons. The van der Waals surface area contributed by atoms with Gasteiger partial charge in [0.1, 0.15) is 0 Å². The highest BCUT2D eigenvalue weighted by atomic mass is 17.4. The van der Waals surface area contributed by atoms with Gasteiger partial charge in [-0.15, -0.1) is 0 Å². The van der Waals surface area contributed by atoms with E-state index in [1.807, 2.05) is 0 Å². The van der Waals surface area contributed by atoms with Crippen LogP contribution < -0.4 is 0 Å². The Hall–Kier alpha value is -0.240. The second-order valence-corrected chi connectivity index (χ2v) is 12.9. The third-order valence-corrected chi connectivity index (χ3v) is 9.38. The van der Waals surface area contributed by atoms with Gasteiger partial charge < -0.3 is 0 Å². The molecule has 1 aliphatic heterocycles. The summed E-state index contributed by atoms with van der Waals surface area (Å²) in [5.74, 6) is -2.73. The lowest BCUT2D eigenvalue weighted by Crippen LogP contribution is -2.42. The van der Waals surface area contributed by atoms with Gasteiger partial charge >= 0.3 is 0 Å². The lowest BCUT2D eigenvalue weighted by molar-refractivity contribution is -0.553. The maximum absolute atomic E-state index is 6.45. The Morgan fingerprint density at radius 3 is 0.474 bits per heavy atom. The second-order valence-electron chi connectivity index (χ2n) is 12.9. The van der Waals surface area contributed by atoms with Crippen molar-refractivity contribution in [3.63, 3.8) is 0 Å². The lowest BCUT2D eigenvalue weighted by Gasteiger charge is -2.35. The first-order chi connectivity index (χ1) is 18.7. The van der Waals surface area contributed by atoms with Crippen LogP contribution in [0, 0.1) is 0 Å². The predicted molar refractivity (Wildman–Crippen MR) is 149 cm³/mol. The van der Waals surface area contributed by atoms with E-state index in [2.05, 4.69) is 0 Å². The van der Waals surface area contributed by atoms with Crippen molar-refractivity contribution >= 4 is 0 Å². The third-order valence-electron chi connectivity index (χ3n) is 9.38. The van der Waals surface area contributed by atoms with Gasteiger partial charge in [-0.05, 0) is 38.5 Å². The van der Waals surface area contributed by atoms with Crippen LogP contribution in [0.2, 0.25) is 0 Å². The molecule has 4 aliphatic rings. The second kappa shape index (κ2) is 16.9. The maximum atomic E-state index is 6.45. The van der Waals surface area contributed by atoms with Crippen LogP contribution >= 0.6 is 0 Å². The van der Waals surface area contributed by atoms with Gasteiger partial charge in [-0.1, -0.05) is 109 Å². The fraction of sp³-hybridized carbons (Fsp3) is 1.00. The van der Waals surface area contributed by atoms with Gasteiger partial charge in [-0.2, -0.15) is 29.3 Å². The third kappa shape index (κ3) is 10.3. The van der Waals surface area contributed by atoms with Gasteiger partial charge in [-0.3, -0.25) is 0 Å². The summed E-state index contributed by atoms with van der Waals surface area (Å²) in [6.07, 6.45) is 32.5. The zero-order valence-electron chi connectivity index (χ0n) is 24.5. The average Bonchev–Trinajstić information content (AvgIpc) is 2.95. The Morgan fingerprint density at radius 1 is 0.184 bits per heavy atom. The first-order valence-corrected chi connectivity index (χ1v) is 16.8. The van der Waals surface area contributed by atoms with Gasteiger partial charge in [0.15, 0.2) is 0 Å². The molecule has 6 nitrogen and oxygen atoms in total. The summed E-state index contributed by atoms with van der Waals surface area (Å²) in [6.45, 7) is 0. The molecule has 38 heavy (non-hydrogen) atoms. The molecule has 3 spiro atoms. The van der Waals surface area contributed by atoms with Crippen molar-refractivity contribution in [3.8, 4) is 0 Å². The molecule has 4 fully saturated rings. The first-order valence-electron chi connectivity index (χ1n) is 16.8.